The third-order valence-corrected chi connectivity index (χ3v) is 3.65. The number of nitrogens with zero attached hydrogens (tertiary/aromatic N) is 1. The van der Waals surface area contributed by atoms with Gasteiger partial charge in [-0.05, 0) is 51.7 Å². The Morgan fingerprint density at radius 2 is 1.89 bits per heavy atom. The van der Waals surface area contributed by atoms with E-state index < -0.39 is 6.10 Å². The first-order valence-corrected chi connectivity index (χ1v) is 7.10. The van der Waals surface area contributed by atoms with E-state index in [0.717, 1.165) is 37.2 Å². The van der Waals surface area contributed by atoms with E-state index in [0.29, 0.717) is 0 Å². The predicted molar refractivity (Wildman–Crippen MR) is 76.4 cm³/mol. The summed E-state index contributed by atoms with van der Waals surface area (Å²) in [6.07, 6.45) is 3.06. The Kier molecular flexibility index (Phi) is 4.46. The lowest BCUT2D eigenvalue weighted by Gasteiger charge is -2.29. The van der Waals surface area contributed by atoms with Gasteiger partial charge in [-0.1, -0.05) is 17.7 Å². The minimum Gasteiger partial charge on any atom is -0.481 e. The number of hydrogen-bond acceptors (Lipinski definition) is 2. The lowest BCUT2D eigenvalue weighted by atomic mass is 10.1. The van der Waals surface area contributed by atoms with Gasteiger partial charge in [0.25, 0.3) is 5.91 Å². The molecule has 1 atom stereocenters. The number of carbonyl (C=O) groups excluding carboxylic acids is 1. The highest BCUT2D eigenvalue weighted by Crippen LogP contribution is 2.21. The van der Waals surface area contributed by atoms with Gasteiger partial charge in [-0.3, -0.25) is 4.79 Å². The van der Waals surface area contributed by atoms with Crippen LogP contribution in [-0.4, -0.2) is 30.0 Å². The van der Waals surface area contributed by atoms with E-state index in [4.69, 9.17) is 4.74 Å². The van der Waals surface area contributed by atoms with Gasteiger partial charge in [-0.15, -0.1) is 0 Å². The van der Waals surface area contributed by atoms with E-state index >= 15 is 0 Å². The molecule has 1 aromatic rings. The number of hydrogen-bond donors (Lipinski definition) is 0. The molecule has 0 N–H and O–H groups in total. The van der Waals surface area contributed by atoms with E-state index in [2.05, 4.69) is 13.0 Å². The van der Waals surface area contributed by atoms with Crippen LogP contribution in [0.3, 0.4) is 0 Å². The monoisotopic (exact) mass is 261 g/mol. The van der Waals surface area contributed by atoms with Crippen LogP contribution in [0.1, 0.15) is 37.3 Å². The Morgan fingerprint density at radius 1 is 1.21 bits per heavy atom. The van der Waals surface area contributed by atoms with Crippen LogP contribution in [0, 0.1) is 13.8 Å². The fraction of sp³-hybridized carbons (Fsp3) is 0.562. The van der Waals surface area contributed by atoms with E-state index in [1.54, 1.807) is 0 Å². The van der Waals surface area contributed by atoms with Crippen molar-refractivity contribution in [2.75, 3.05) is 13.1 Å². The Hall–Kier alpha value is -1.51. The SMILES string of the molecule is Cc1ccc(O[C@H](C)C(=O)N2CCCCC2)c(C)c1. The largest absolute Gasteiger partial charge is 0.481 e. The van der Waals surface area contributed by atoms with Crippen molar-refractivity contribution in [3.05, 3.63) is 29.3 Å². The lowest BCUT2D eigenvalue weighted by molar-refractivity contribution is -0.138. The third kappa shape index (κ3) is 3.49. The average molecular weight is 261 g/mol. The van der Waals surface area contributed by atoms with Crippen molar-refractivity contribution < 1.29 is 9.53 Å². The molecular weight excluding hydrogens is 238 g/mol. The zero-order valence-electron chi connectivity index (χ0n) is 12.1. The van der Waals surface area contributed by atoms with Gasteiger partial charge in [0.15, 0.2) is 6.10 Å². The smallest absolute Gasteiger partial charge is 0.263 e. The first-order chi connectivity index (χ1) is 9.08. The molecule has 1 amide bonds. The first-order valence-electron chi connectivity index (χ1n) is 7.10. The Bertz CT molecular complexity index is 450. The van der Waals surface area contributed by atoms with Gasteiger partial charge in [0.1, 0.15) is 5.75 Å². The summed E-state index contributed by atoms with van der Waals surface area (Å²) in [6.45, 7) is 7.66. The summed E-state index contributed by atoms with van der Waals surface area (Å²) in [5, 5.41) is 0. The molecular formula is C16H23NO2. The van der Waals surface area contributed by atoms with E-state index in [1.165, 1.54) is 12.0 Å². The zero-order chi connectivity index (χ0) is 13.8. The highest BCUT2D eigenvalue weighted by molar-refractivity contribution is 5.81. The van der Waals surface area contributed by atoms with Gasteiger partial charge in [0.05, 0.1) is 0 Å². The number of benzene rings is 1. The maximum atomic E-state index is 12.3. The van der Waals surface area contributed by atoms with Crippen LogP contribution in [0.15, 0.2) is 18.2 Å². The van der Waals surface area contributed by atoms with Crippen LogP contribution in [-0.2, 0) is 4.79 Å². The van der Waals surface area contributed by atoms with E-state index in [-0.39, 0.29) is 5.91 Å². The molecule has 3 nitrogen and oxygen atoms in total. The summed E-state index contributed by atoms with van der Waals surface area (Å²) in [4.78, 5) is 14.2. The molecule has 1 aromatic carbocycles. The first kappa shape index (κ1) is 13.9. The van der Waals surface area contributed by atoms with Crippen molar-refractivity contribution >= 4 is 5.91 Å². The summed E-state index contributed by atoms with van der Waals surface area (Å²) in [6, 6.07) is 6.04. The summed E-state index contributed by atoms with van der Waals surface area (Å²) in [5.74, 6) is 0.920. The van der Waals surface area contributed by atoms with Crippen LogP contribution in [0.25, 0.3) is 0 Å². The van der Waals surface area contributed by atoms with Gasteiger partial charge >= 0.3 is 0 Å². The molecule has 0 aliphatic carbocycles. The highest BCUT2D eigenvalue weighted by Gasteiger charge is 2.23. The summed E-state index contributed by atoms with van der Waals surface area (Å²) >= 11 is 0. The molecule has 1 aliphatic heterocycles. The van der Waals surface area contributed by atoms with Crippen molar-refractivity contribution in [3.8, 4) is 5.75 Å². The number of carbonyl (C=O) groups is 1. The van der Waals surface area contributed by atoms with E-state index in [9.17, 15) is 4.79 Å². The predicted octanol–water partition coefficient (Wildman–Crippen LogP) is 3.08. The molecule has 0 aromatic heterocycles. The molecule has 104 valence electrons. The van der Waals surface area contributed by atoms with Crippen LogP contribution in [0.5, 0.6) is 5.75 Å². The Morgan fingerprint density at radius 3 is 2.53 bits per heavy atom. The Balaban J connectivity index is 1.99. The fourth-order valence-corrected chi connectivity index (χ4v) is 2.54. The number of rotatable bonds is 3. The molecule has 3 heteroatoms. The lowest BCUT2D eigenvalue weighted by Crippen LogP contribution is -2.43. The maximum absolute atomic E-state index is 12.3. The number of amides is 1. The van der Waals surface area contributed by atoms with Crippen molar-refractivity contribution in [2.45, 2.75) is 46.1 Å². The molecule has 19 heavy (non-hydrogen) atoms. The summed E-state index contributed by atoms with van der Waals surface area (Å²) < 4.78 is 5.82. The normalized spacial score (nSPS) is 17.1. The molecule has 0 saturated carbocycles. The van der Waals surface area contributed by atoms with Gasteiger partial charge in [0, 0.05) is 13.1 Å². The topological polar surface area (TPSA) is 29.5 Å². The average Bonchev–Trinajstić information content (AvgIpc) is 2.42. The second-order valence-corrected chi connectivity index (χ2v) is 5.41. The molecule has 2 rings (SSSR count). The minimum absolute atomic E-state index is 0.111. The minimum atomic E-state index is -0.403. The molecule has 1 saturated heterocycles. The van der Waals surface area contributed by atoms with Gasteiger partial charge in [0.2, 0.25) is 0 Å². The standard InChI is InChI=1S/C16H23NO2/c1-12-7-8-15(13(2)11-12)19-14(3)16(18)17-9-5-4-6-10-17/h7-8,11,14H,4-6,9-10H2,1-3H3/t14-/m1/s1. The van der Waals surface area contributed by atoms with Crippen LogP contribution >= 0.6 is 0 Å². The van der Waals surface area contributed by atoms with Crippen LogP contribution < -0.4 is 4.74 Å². The maximum Gasteiger partial charge on any atom is 0.263 e. The second kappa shape index (κ2) is 6.09. The van der Waals surface area contributed by atoms with Crippen LogP contribution in [0.4, 0.5) is 0 Å². The summed E-state index contributed by atoms with van der Waals surface area (Å²) in [5.41, 5.74) is 2.29. The summed E-state index contributed by atoms with van der Waals surface area (Å²) in [7, 11) is 0. The molecule has 0 spiro atoms. The number of ether oxygens (including phenoxy) is 1. The van der Waals surface area contributed by atoms with Gasteiger partial charge < -0.3 is 9.64 Å². The molecule has 0 radical (unpaired) electrons. The van der Waals surface area contributed by atoms with Crippen molar-refractivity contribution in [1.29, 1.82) is 0 Å². The number of piperidine rings is 1. The van der Waals surface area contributed by atoms with Gasteiger partial charge in [-0.25, -0.2) is 0 Å². The molecule has 1 fully saturated rings. The molecule has 0 unspecified atom stereocenters. The molecule has 1 aliphatic rings. The Labute approximate surface area is 115 Å². The quantitative estimate of drug-likeness (QED) is 0.837. The highest BCUT2D eigenvalue weighted by atomic mass is 16.5. The van der Waals surface area contributed by atoms with Crippen molar-refractivity contribution in [2.24, 2.45) is 0 Å². The second-order valence-electron chi connectivity index (χ2n) is 5.41. The van der Waals surface area contributed by atoms with E-state index in [1.807, 2.05) is 30.9 Å². The third-order valence-electron chi connectivity index (χ3n) is 3.65. The van der Waals surface area contributed by atoms with Crippen molar-refractivity contribution in [1.82, 2.24) is 4.90 Å². The number of aryl methyl sites for hydroxylation is 2. The van der Waals surface area contributed by atoms with Gasteiger partial charge in [-0.2, -0.15) is 0 Å². The van der Waals surface area contributed by atoms with Crippen molar-refractivity contribution in [3.63, 3.8) is 0 Å². The molecule has 0 bridgehead atoms. The zero-order valence-corrected chi connectivity index (χ0v) is 12.1. The number of likely N-dealkylation sites (tertiary alicyclic amines) is 1. The van der Waals surface area contributed by atoms with Crippen LogP contribution in [0.2, 0.25) is 0 Å². The molecule has 1 heterocycles. The fourth-order valence-electron chi connectivity index (χ4n) is 2.54.